The van der Waals surface area contributed by atoms with Gasteiger partial charge in [-0.15, -0.1) is 0 Å². The molecule has 0 saturated carbocycles. The van der Waals surface area contributed by atoms with E-state index in [1.54, 1.807) is 7.05 Å². The molecule has 4 N–H and O–H groups in total. The molecule has 6 nitrogen and oxygen atoms in total. The molecule has 1 fully saturated rings. The second-order valence-corrected chi connectivity index (χ2v) is 4.31. The third kappa shape index (κ3) is 2.76. The molecular weight excluding hydrogens is 244 g/mol. The number of nitrogens with two attached hydrogens (primary N) is 1. The number of alkyl halides is 2. The smallest absolute Gasteiger partial charge is 0.267 e. The van der Waals surface area contributed by atoms with Gasteiger partial charge in [-0.05, 0) is 0 Å². The van der Waals surface area contributed by atoms with Gasteiger partial charge in [0.25, 0.3) is 5.92 Å². The summed E-state index contributed by atoms with van der Waals surface area (Å²) in [4.78, 5) is 9.11. The number of hydrogen-bond donors (Lipinski definition) is 3. The summed E-state index contributed by atoms with van der Waals surface area (Å²) in [6.45, 7) is -0.376. The summed E-state index contributed by atoms with van der Waals surface area (Å²) in [6.07, 6.45) is -1.61. The fraction of sp³-hybridized carbons (Fsp3) is 0.600. The lowest BCUT2D eigenvalue weighted by atomic mass is 10.0. The van der Waals surface area contributed by atoms with E-state index in [0.717, 1.165) is 0 Å². The highest BCUT2D eigenvalue weighted by molar-refractivity contribution is 5.52. The molecule has 1 aromatic heterocycles. The minimum absolute atomic E-state index is 0.000213. The lowest BCUT2D eigenvalue weighted by Crippen LogP contribution is -2.49. The highest BCUT2D eigenvalue weighted by Gasteiger charge is 2.40. The van der Waals surface area contributed by atoms with Gasteiger partial charge in [-0.2, -0.15) is 9.97 Å². The van der Waals surface area contributed by atoms with E-state index in [-0.39, 0.29) is 18.3 Å². The van der Waals surface area contributed by atoms with Crippen LogP contribution >= 0.6 is 0 Å². The zero-order valence-corrected chi connectivity index (χ0v) is 9.90. The van der Waals surface area contributed by atoms with Crippen LogP contribution in [0.1, 0.15) is 6.42 Å². The van der Waals surface area contributed by atoms with E-state index in [9.17, 15) is 13.9 Å². The predicted octanol–water partition coefficient (Wildman–Crippen LogP) is 0.307. The standard InChI is InChI=1S/C10H15F2N5O/c1-14-7-2-8(16-9(13)15-7)17-4-6(18)3-10(11,12)5-17/h2,6,18H,3-5H2,1H3,(H3,13,14,15,16). The maximum atomic E-state index is 13.4. The maximum Gasteiger partial charge on any atom is 0.267 e. The van der Waals surface area contributed by atoms with Gasteiger partial charge in [0.15, 0.2) is 0 Å². The van der Waals surface area contributed by atoms with Crippen molar-refractivity contribution in [1.29, 1.82) is 0 Å². The van der Waals surface area contributed by atoms with Crippen LogP contribution in [0, 0.1) is 0 Å². The van der Waals surface area contributed by atoms with E-state index in [1.165, 1.54) is 11.0 Å². The molecular formula is C10H15F2N5O. The van der Waals surface area contributed by atoms with Crippen LogP contribution in [-0.4, -0.2) is 47.2 Å². The fourth-order valence-electron chi connectivity index (χ4n) is 1.99. The van der Waals surface area contributed by atoms with E-state index in [4.69, 9.17) is 5.73 Å². The zero-order valence-electron chi connectivity index (χ0n) is 9.90. The van der Waals surface area contributed by atoms with Gasteiger partial charge in [0.05, 0.1) is 12.6 Å². The lowest BCUT2D eigenvalue weighted by Gasteiger charge is -2.36. The number of aliphatic hydroxyl groups excluding tert-OH is 1. The van der Waals surface area contributed by atoms with E-state index in [1.807, 2.05) is 0 Å². The number of piperidine rings is 1. The fourth-order valence-corrected chi connectivity index (χ4v) is 1.99. The number of anilines is 3. The van der Waals surface area contributed by atoms with E-state index in [2.05, 4.69) is 15.3 Å². The first-order valence-corrected chi connectivity index (χ1v) is 5.53. The Balaban J connectivity index is 2.27. The molecule has 0 amide bonds. The number of rotatable bonds is 2. The Morgan fingerprint density at radius 2 is 2.28 bits per heavy atom. The average Bonchev–Trinajstić information content (AvgIpc) is 2.25. The number of aromatic nitrogens is 2. The maximum absolute atomic E-state index is 13.4. The van der Waals surface area contributed by atoms with E-state index in [0.29, 0.717) is 5.82 Å². The van der Waals surface area contributed by atoms with Crippen LogP contribution in [0.2, 0.25) is 0 Å². The summed E-state index contributed by atoms with van der Waals surface area (Å²) in [7, 11) is 1.64. The Labute approximate surface area is 103 Å². The van der Waals surface area contributed by atoms with Crippen LogP contribution < -0.4 is 16.0 Å². The molecule has 2 rings (SSSR count). The number of β-amino-alcohol motifs (C(OH)–C–C–N with tert-alkyl or cyclic N) is 1. The topological polar surface area (TPSA) is 87.3 Å². The lowest BCUT2D eigenvalue weighted by molar-refractivity contribution is -0.0531. The van der Waals surface area contributed by atoms with Crippen LogP contribution in [0.25, 0.3) is 0 Å². The second-order valence-electron chi connectivity index (χ2n) is 4.31. The minimum Gasteiger partial charge on any atom is -0.391 e. The van der Waals surface area contributed by atoms with Crippen LogP contribution in [0.15, 0.2) is 6.07 Å². The van der Waals surface area contributed by atoms with Crippen LogP contribution in [0.4, 0.5) is 26.4 Å². The molecule has 1 atom stereocenters. The molecule has 8 heteroatoms. The van der Waals surface area contributed by atoms with Gasteiger partial charge in [0.2, 0.25) is 5.95 Å². The van der Waals surface area contributed by atoms with Crippen molar-refractivity contribution in [3.8, 4) is 0 Å². The van der Waals surface area contributed by atoms with Crippen molar-refractivity contribution in [3.05, 3.63) is 6.07 Å². The molecule has 0 aromatic carbocycles. The highest BCUT2D eigenvalue weighted by Crippen LogP contribution is 2.30. The highest BCUT2D eigenvalue weighted by atomic mass is 19.3. The van der Waals surface area contributed by atoms with Crippen LogP contribution in [0.5, 0.6) is 0 Å². The van der Waals surface area contributed by atoms with E-state index < -0.39 is 25.0 Å². The SMILES string of the molecule is CNc1cc(N2CC(O)CC(F)(F)C2)nc(N)n1. The number of aliphatic hydroxyl groups is 1. The number of nitrogens with one attached hydrogen (secondary N) is 1. The minimum atomic E-state index is -2.93. The third-order valence-corrected chi connectivity index (χ3v) is 2.70. The molecule has 100 valence electrons. The van der Waals surface area contributed by atoms with Crippen molar-refractivity contribution in [2.75, 3.05) is 36.1 Å². The summed E-state index contributed by atoms with van der Waals surface area (Å²) in [5, 5.41) is 12.2. The predicted molar refractivity (Wildman–Crippen MR) is 63.8 cm³/mol. The number of nitrogens with zero attached hydrogens (tertiary/aromatic N) is 3. The molecule has 0 spiro atoms. The first-order valence-electron chi connectivity index (χ1n) is 5.53. The molecule has 1 saturated heterocycles. The quantitative estimate of drug-likeness (QED) is 0.708. The van der Waals surface area contributed by atoms with Gasteiger partial charge in [-0.3, -0.25) is 0 Å². The van der Waals surface area contributed by atoms with Gasteiger partial charge < -0.3 is 21.1 Å². The Bertz CT molecular complexity index is 442. The second kappa shape index (κ2) is 4.52. The molecule has 0 radical (unpaired) electrons. The van der Waals surface area contributed by atoms with Crippen LogP contribution in [-0.2, 0) is 0 Å². The molecule has 1 unspecified atom stereocenters. The Hall–Kier alpha value is -1.70. The van der Waals surface area contributed by atoms with Crippen molar-refractivity contribution in [2.24, 2.45) is 0 Å². The van der Waals surface area contributed by atoms with Gasteiger partial charge in [0.1, 0.15) is 11.6 Å². The summed E-state index contributed by atoms with van der Waals surface area (Å²) in [6, 6.07) is 1.52. The molecule has 18 heavy (non-hydrogen) atoms. The Morgan fingerprint density at radius 3 is 2.89 bits per heavy atom. The summed E-state index contributed by atoms with van der Waals surface area (Å²) >= 11 is 0. The average molecular weight is 259 g/mol. The molecule has 0 bridgehead atoms. The molecule has 0 aliphatic carbocycles. The molecule has 2 heterocycles. The van der Waals surface area contributed by atoms with Crippen molar-refractivity contribution >= 4 is 17.6 Å². The largest absolute Gasteiger partial charge is 0.391 e. The molecule has 1 aliphatic heterocycles. The normalized spacial score (nSPS) is 22.9. The van der Waals surface area contributed by atoms with Crippen molar-refractivity contribution in [1.82, 2.24) is 9.97 Å². The Morgan fingerprint density at radius 1 is 1.56 bits per heavy atom. The molecule has 1 aliphatic rings. The van der Waals surface area contributed by atoms with Crippen molar-refractivity contribution in [2.45, 2.75) is 18.4 Å². The monoisotopic (exact) mass is 259 g/mol. The van der Waals surface area contributed by atoms with Gasteiger partial charge in [-0.1, -0.05) is 0 Å². The number of halogens is 2. The van der Waals surface area contributed by atoms with Gasteiger partial charge in [-0.25, -0.2) is 8.78 Å². The summed E-state index contributed by atoms with van der Waals surface area (Å²) < 4.78 is 26.8. The zero-order chi connectivity index (χ0) is 13.3. The van der Waals surface area contributed by atoms with Crippen molar-refractivity contribution < 1.29 is 13.9 Å². The Kier molecular flexibility index (Phi) is 3.20. The van der Waals surface area contributed by atoms with Gasteiger partial charge in [0, 0.05) is 26.1 Å². The van der Waals surface area contributed by atoms with Gasteiger partial charge >= 0.3 is 0 Å². The summed E-state index contributed by atoms with van der Waals surface area (Å²) in [5.41, 5.74) is 5.51. The number of hydrogen-bond acceptors (Lipinski definition) is 6. The van der Waals surface area contributed by atoms with Crippen molar-refractivity contribution in [3.63, 3.8) is 0 Å². The third-order valence-electron chi connectivity index (χ3n) is 2.70. The van der Waals surface area contributed by atoms with Crippen LogP contribution in [0.3, 0.4) is 0 Å². The first kappa shape index (κ1) is 12.7. The molecule has 1 aromatic rings. The number of nitrogen functional groups attached to an aromatic ring is 1. The van der Waals surface area contributed by atoms with E-state index >= 15 is 0 Å². The summed E-state index contributed by atoms with van der Waals surface area (Å²) in [5.74, 6) is -2.21. The first-order chi connectivity index (χ1) is 8.39.